The van der Waals surface area contributed by atoms with E-state index in [0.717, 1.165) is 19.0 Å². The van der Waals surface area contributed by atoms with Crippen LogP contribution < -0.4 is 0 Å². The van der Waals surface area contributed by atoms with Gasteiger partial charge in [0.1, 0.15) is 0 Å². The summed E-state index contributed by atoms with van der Waals surface area (Å²) in [5.74, 6) is 0.738. The van der Waals surface area contributed by atoms with E-state index in [9.17, 15) is 4.79 Å². The number of hydrogen-bond donors (Lipinski definition) is 0. The standard InChI is InChI=1S/C14H28N2O2/c1-12(2)18-14(17)11-16-9-6-13(7-10-16)5-8-15(3)4/h12-13H,5-11H2,1-4H3. The number of esters is 1. The summed E-state index contributed by atoms with van der Waals surface area (Å²) in [6.07, 6.45) is 3.69. The third-order valence-corrected chi connectivity index (χ3v) is 3.41. The highest BCUT2D eigenvalue weighted by Crippen LogP contribution is 2.20. The molecule has 0 saturated carbocycles. The van der Waals surface area contributed by atoms with Crippen molar-refractivity contribution in [1.82, 2.24) is 9.80 Å². The van der Waals surface area contributed by atoms with Gasteiger partial charge in [-0.25, -0.2) is 0 Å². The number of piperidine rings is 1. The largest absolute Gasteiger partial charge is 0.462 e. The number of carbonyl (C=O) groups excluding carboxylic acids is 1. The highest BCUT2D eigenvalue weighted by Gasteiger charge is 2.21. The van der Waals surface area contributed by atoms with Crippen LogP contribution in [0.15, 0.2) is 0 Å². The van der Waals surface area contributed by atoms with Crippen LogP contribution in [0.1, 0.15) is 33.1 Å². The molecule has 0 radical (unpaired) electrons. The first-order chi connectivity index (χ1) is 8.47. The Kier molecular flexibility index (Phi) is 6.65. The summed E-state index contributed by atoms with van der Waals surface area (Å²) in [5.41, 5.74) is 0. The molecule has 18 heavy (non-hydrogen) atoms. The summed E-state index contributed by atoms with van der Waals surface area (Å²) in [6.45, 7) is 7.48. The van der Waals surface area contributed by atoms with Gasteiger partial charge in [-0.15, -0.1) is 0 Å². The fourth-order valence-electron chi connectivity index (χ4n) is 2.36. The number of carbonyl (C=O) groups is 1. The van der Waals surface area contributed by atoms with Crippen molar-refractivity contribution < 1.29 is 9.53 Å². The molecule has 4 nitrogen and oxygen atoms in total. The summed E-state index contributed by atoms with van der Waals surface area (Å²) >= 11 is 0. The van der Waals surface area contributed by atoms with Crippen LogP contribution in [-0.4, -0.2) is 62.1 Å². The molecule has 0 aliphatic carbocycles. The van der Waals surface area contributed by atoms with Crippen molar-refractivity contribution in [3.8, 4) is 0 Å². The van der Waals surface area contributed by atoms with Gasteiger partial charge in [0.25, 0.3) is 0 Å². The van der Waals surface area contributed by atoms with Gasteiger partial charge >= 0.3 is 5.97 Å². The molecule has 1 saturated heterocycles. The minimum atomic E-state index is -0.0864. The Morgan fingerprint density at radius 3 is 2.44 bits per heavy atom. The Hall–Kier alpha value is -0.610. The maximum atomic E-state index is 11.5. The minimum absolute atomic E-state index is 0.00451. The van der Waals surface area contributed by atoms with Crippen LogP contribution >= 0.6 is 0 Å². The zero-order valence-corrected chi connectivity index (χ0v) is 12.3. The smallest absolute Gasteiger partial charge is 0.320 e. The first-order valence-corrected chi connectivity index (χ1v) is 7.04. The highest BCUT2D eigenvalue weighted by molar-refractivity contribution is 5.71. The predicted octanol–water partition coefficient (Wildman–Crippen LogP) is 1.60. The Morgan fingerprint density at radius 2 is 1.94 bits per heavy atom. The number of hydrogen-bond acceptors (Lipinski definition) is 4. The van der Waals surface area contributed by atoms with Crippen LogP contribution in [-0.2, 0) is 9.53 Å². The molecule has 0 spiro atoms. The Morgan fingerprint density at radius 1 is 1.33 bits per heavy atom. The van der Waals surface area contributed by atoms with Gasteiger partial charge in [0, 0.05) is 0 Å². The van der Waals surface area contributed by atoms with Crippen molar-refractivity contribution in [1.29, 1.82) is 0 Å². The van der Waals surface area contributed by atoms with E-state index in [1.54, 1.807) is 0 Å². The molecule has 0 aromatic heterocycles. The van der Waals surface area contributed by atoms with Crippen molar-refractivity contribution in [2.24, 2.45) is 5.92 Å². The lowest BCUT2D eigenvalue weighted by molar-refractivity contribution is -0.149. The van der Waals surface area contributed by atoms with Gasteiger partial charge in [-0.1, -0.05) is 0 Å². The topological polar surface area (TPSA) is 32.8 Å². The first kappa shape index (κ1) is 15.4. The average molecular weight is 256 g/mol. The second-order valence-electron chi connectivity index (χ2n) is 5.85. The Bertz CT molecular complexity index is 246. The van der Waals surface area contributed by atoms with E-state index >= 15 is 0 Å². The van der Waals surface area contributed by atoms with Crippen molar-refractivity contribution in [2.75, 3.05) is 40.3 Å². The summed E-state index contributed by atoms with van der Waals surface area (Å²) in [6, 6.07) is 0. The van der Waals surface area contributed by atoms with Crippen LogP contribution in [0.3, 0.4) is 0 Å². The number of likely N-dealkylation sites (tertiary alicyclic amines) is 1. The zero-order chi connectivity index (χ0) is 13.5. The molecule has 1 fully saturated rings. The molecule has 0 aromatic rings. The molecule has 1 aliphatic heterocycles. The van der Waals surface area contributed by atoms with E-state index in [4.69, 9.17) is 4.74 Å². The van der Waals surface area contributed by atoms with Crippen molar-refractivity contribution in [3.05, 3.63) is 0 Å². The highest BCUT2D eigenvalue weighted by atomic mass is 16.5. The van der Waals surface area contributed by atoms with Gasteiger partial charge in [0.2, 0.25) is 0 Å². The lowest BCUT2D eigenvalue weighted by Crippen LogP contribution is -2.38. The fourth-order valence-corrected chi connectivity index (χ4v) is 2.36. The van der Waals surface area contributed by atoms with E-state index in [-0.39, 0.29) is 12.1 Å². The van der Waals surface area contributed by atoms with Gasteiger partial charge < -0.3 is 9.64 Å². The summed E-state index contributed by atoms with van der Waals surface area (Å²) in [4.78, 5) is 16.0. The average Bonchev–Trinajstić information content (AvgIpc) is 2.26. The van der Waals surface area contributed by atoms with Crippen LogP contribution in [0, 0.1) is 5.92 Å². The summed E-state index contributed by atoms with van der Waals surface area (Å²) in [5, 5.41) is 0. The van der Waals surface area contributed by atoms with Crippen LogP contribution in [0.25, 0.3) is 0 Å². The summed E-state index contributed by atoms with van der Waals surface area (Å²) < 4.78 is 5.17. The number of ether oxygens (including phenoxy) is 1. The first-order valence-electron chi connectivity index (χ1n) is 7.04. The SMILES string of the molecule is CC(C)OC(=O)CN1CCC(CCN(C)C)CC1. The van der Waals surface area contributed by atoms with Crippen molar-refractivity contribution in [2.45, 2.75) is 39.2 Å². The second kappa shape index (κ2) is 7.74. The Labute approximate surface area is 111 Å². The normalized spacial score (nSPS) is 18.6. The van der Waals surface area contributed by atoms with E-state index in [1.807, 2.05) is 13.8 Å². The van der Waals surface area contributed by atoms with E-state index in [2.05, 4.69) is 23.9 Å². The van der Waals surface area contributed by atoms with E-state index < -0.39 is 0 Å². The lowest BCUT2D eigenvalue weighted by atomic mass is 9.93. The second-order valence-corrected chi connectivity index (χ2v) is 5.85. The molecule has 0 aromatic carbocycles. The maximum absolute atomic E-state index is 11.5. The van der Waals surface area contributed by atoms with Crippen LogP contribution in [0.5, 0.6) is 0 Å². The van der Waals surface area contributed by atoms with Gasteiger partial charge in [0.05, 0.1) is 12.6 Å². The predicted molar refractivity (Wildman–Crippen MR) is 73.6 cm³/mol. The molecule has 1 aliphatic rings. The monoisotopic (exact) mass is 256 g/mol. The summed E-state index contributed by atoms with van der Waals surface area (Å²) in [7, 11) is 4.24. The minimum Gasteiger partial charge on any atom is -0.462 e. The molecule has 0 atom stereocenters. The molecule has 0 N–H and O–H groups in total. The molecule has 1 heterocycles. The maximum Gasteiger partial charge on any atom is 0.320 e. The quantitative estimate of drug-likeness (QED) is 0.676. The molecule has 0 unspecified atom stereocenters. The lowest BCUT2D eigenvalue weighted by Gasteiger charge is -2.31. The molecule has 1 rings (SSSR count). The van der Waals surface area contributed by atoms with Gasteiger partial charge in [0.15, 0.2) is 0 Å². The van der Waals surface area contributed by atoms with Gasteiger partial charge in [-0.05, 0) is 72.8 Å². The Balaban J connectivity index is 2.17. The van der Waals surface area contributed by atoms with Crippen molar-refractivity contribution >= 4 is 5.97 Å². The van der Waals surface area contributed by atoms with Gasteiger partial charge in [-0.2, -0.15) is 0 Å². The molecule has 4 heteroatoms. The third-order valence-electron chi connectivity index (χ3n) is 3.41. The van der Waals surface area contributed by atoms with Crippen LogP contribution in [0.4, 0.5) is 0 Å². The van der Waals surface area contributed by atoms with Crippen LogP contribution in [0.2, 0.25) is 0 Å². The molecule has 0 amide bonds. The number of nitrogens with zero attached hydrogens (tertiary/aromatic N) is 2. The third kappa shape index (κ3) is 6.36. The van der Waals surface area contributed by atoms with Gasteiger partial charge in [-0.3, -0.25) is 9.69 Å². The molecular weight excluding hydrogens is 228 g/mol. The fraction of sp³-hybridized carbons (Fsp3) is 0.929. The van der Waals surface area contributed by atoms with E-state index in [0.29, 0.717) is 6.54 Å². The number of rotatable bonds is 6. The molecular formula is C14H28N2O2. The zero-order valence-electron chi connectivity index (χ0n) is 12.3. The van der Waals surface area contributed by atoms with E-state index in [1.165, 1.54) is 25.8 Å². The molecule has 0 bridgehead atoms. The van der Waals surface area contributed by atoms with Crippen molar-refractivity contribution in [3.63, 3.8) is 0 Å². The molecule has 106 valence electrons.